The smallest absolute Gasteiger partial charge is 0.311 e. The molecule has 19 heavy (non-hydrogen) atoms. The second-order valence-electron chi connectivity index (χ2n) is 6.93. The maximum atomic E-state index is 12.2. The Hall–Kier alpha value is -0.550. The van der Waals surface area contributed by atoms with E-state index < -0.39 is 23.0 Å². The van der Waals surface area contributed by atoms with Crippen molar-refractivity contribution in [2.75, 3.05) is 5.75 Å². The van der Waals surface area contributed by atoms with Crippen LogP contribution >= 0.6 is 12.6 Å². The Bertz CT molecular complexity index is 329. The first-order valence-electron chi connectivity index (χ1n) is 6.60. The van der Waals surface area contributed by atoms with Crippen molar-refractivity contribution in [1.82, 2.24) is 0 Å². The number of rotatable bonds is 5. The zero-order valence-electron chi connectivity index (χ0n) is 12.9. The van der Waals surface area contributed by atoms with E-state index in [0.717, 1.165) is 0 Å². The first-order chi connectivity index (χ1) is 8.41. The molecule has 0 heterocycles. The summed E-state index contributed by atoms with van der Waals surface area (Å²) in [6.07, 6.45) is 0.0249. The van der Waals surface area contributed by atoms with E-state index in [0.29, 0.717) is 12.2 Å². The van der Waals surface area contributed by atoms with Gasteiger partial charge in [-0.3, -0.25) is 9.59 Å². The number of esters is 1. The molecule has 112 valence electrons. The Labute approximate surface area is 121 Å². The summed E-state index contributed by atoms with van der Waals surface area (Å²) in [5.41, 5.74) is 2.82. The molecule has 0 bridgehead atoms. The van der Waals surface area contributed by atoms with Gasteiger partial charge in [0.1, 0.15) is 0 Å². The molecule has 5 heteroatoms. The quantitative estimate of drug-likeness (QED) is 0.595. The summed E-state index contributed by atoms with van der Waals surface area (Å²) in [7, 11) is 0. The van der Waals surface area contributed by atoms with Crippen molar-refractivity contribution in [3.63, 3.8) is 0 Å². The van der Waals surface area contributed by atoms with Gasteiger partial charge in [0.25, 0.3) is 0 Å². The van der Waals surface area contributed by atoms with Gasteiger partial charge in [0.05, 0.1) is 5.41 Å². The number of hydrogen-bond donors (Lipinski definition) is 2. The van der Waals surface area contributed by atoms with E-state index >= 15 is 0 Å². The van der Waals surface area contributed by atoms with Gasteiger partial charge in [-0.05, 0) is 32.9 Å². The highest BCUT2D eigenvalue weighted by Crippen LogP contribution is 2.22. The zero-order valence-corrected chi connectivity index (χ0v) is 13.8. The van der Waals surface area contributed by atoms with E-state index in [-0.39, 0.29) is 11.8 Å². The van der Waals surface area contributed by atoms with Crippen molar-refractivity contribution >= 4 is 24.4 Å². The molecule has 3 N–H and O–H groups in total. The number of ketones is 1. The molecule has 0 rings (SSSR count). The average molecular weight is 290 g/mol. The zero-order chi connectivity index (χ0) is 15.4. The molecule has 0 aromatic rings. The first-order valence-corrected chi connectivity index (χ1v) is 7.24. The van der Waals surface area contributed by atoms with Gasteiger partial charge in [0.15, 0.2) is 17.9 Å². The predicted molar refractivity (Wildman–Crippen MR) is 78.9 cm³/mol. The van der Waals surface area contributed by atoms with E-state index in [2.05, 4.69) is 18.4 Å². The lowest BCUT2D eigenvalue weighted by molar-refractivity contribution is -0.422. The minimum Gasteiger partial charge on any atom is -0.455 e. The summed E-state index contributed by atoms with van der Waals surface area (Å²) in [5, 5.41) is 0. The van der Waals surface area contributed by atoms with Crippen LogP contribution in [0.3, 0.4) is 0 Å². The molecule has 0 fully saturated rings. The standard InChI is InChI=1S/C14H27NO3S/c1-13(2,3)11(16)10(15)9(7-8-19)18-12(17)14(4,5)6/h9-10,19H,7-8,15H2,1-6H3/p+1. The van der Waals surface area contributed by atoms with E-state index in [1.54, 1.807) is 20.8 Å². The van der Waals surface area contributed by atoms with Crippen molar-refractivity contribution < 1.29 is 20.1 Å². The molecule has 4 nitrogen and oxygen atoms in total. The summed E-state index contributed by atoms with van der Waals surface area (Å²) in [6, 6.07) is -0.557. The molecule has 0 saturated carbocycles. The lowest BCUT2D eigenvalue weighted by Gasteiger charge is -2.27. The molecule has 0 spiro atoms. The minimum atomic E-state index is -0.584. The van der Waals surface area contributed by atoms with Crippen molar-refractivity contribution in [2.45, 2.75) is 60.1 Å². The average Bonchev–Trinajstić information content (AvgIpc) is 2.23. The Morgan fingerprint density at radius 2 is 1.58 bits per heavy atom. The minimum absolute atomic E-state index is 0.000919. The summed E-state index contributed by atoms with van der Waals surface area (Å²) in [5.74, 6) is 0.238. The highest BCUT2D eigenvalue weighted by atomic mass is 32.1. The number of thiol groups is 1. The van der Waals surface area contributed by atoms with Crippen LogP contribution in [0, 0.1) is 10.8 Å². The lowest BCUT2D eigenvalue weighted by Crippen LogP contribution is -2.72. The fourth-order valence-corrected chi connectivity index (χ4v) is 1.76. The van der Waals surface area contributed by atoms with E-state index in [4.69, 9.17) is 4.74 Å². The maximum absolute atomic E-state index is 12.2. The molecule has 0 aliphatic heterocycles. The van der Waals surface area contributed by atoms with Gasteiger partial charge < -0.3 is 10.5 Å². The predicted octanol–water partition coefficient (Wildman–Crippen LogP) is 1.49. The normalized spacial score (nSPS) is 15.8. The summed E-state index contributed by atoms with van der Waals surface area (Å²) in [6.45, 7) is 10.9. The van der Waals surface area contributed by atoms with Crippen LogP contribution in [0.25, 0.3) is 0 Å². The highest BCUT2D eigenvalue weighted by molar-refractivity contribution is 7.80. The SMILES string of the molecule is CC(C)(C)C(=O)OC(CCS)C([NH3+])C(=O)C(C)(C)C. The number of ether oxygens (including phenoxy) is 1. The fourth-order valence-electron chi connectivity index (χ4n) is 1.51. The van der Waals surface area contributed by atoms with Gasteiger partial charge in [-0.2, -0.15) is 12.6 Å². The van der Waals surface area contributed by atoms with E-state index in [1.165, 1.54) is 0 Å². The van der Waals surface area contributed by atoms with Crippen molar-refractivity contribution in [3.8, 4) is 0 Å². The molecule has 0 amide bonds. The summed E-state index contributed by atoms with van der Waals surface area (Å²) >= 11 is 4.16. The van der Waals surface area contributed by atoms with Gasteiger partial charge >= 0.3 is 5.97 Å². The van der Waals surface area contributed by atoms with Crippen LogP contribution in [0.4, 0.5) is 0 Å². The van der Waals surface area contributed by atoms with Crippen LogP contribution in [0.5, 0.6) is 0 Å². The Kier molecular flexibility index (Phi) is 6.55. The van der Waals surface area contributed by atoms with E-state index in [1.807, 2.05) is 20.8 Å². The topological polar surface area (TPSA) is 71.0 Å². The van der Waals surface area contributed by atoms with Crippen LogP contribution in [0.1, 0.15) is 48.0 Å². The number of carbonyl (C=O) groups is 2. The lowest BCUT2D eigenvalue weighted by atomic mass is 9.84. The van der Waals surface area contributed by atoms with Crippen molar-refractivity contribution in [3.05, 3.63) is 0 Å². The van der Waals surface area contributed by atoms with Crippen LogP contribution in [0.15, 0.2) is 0 Å². The van der Waals surface area contributed by atoms with Gasteiger partial charge in [-0.15, -0.1) is 0 Å². The van der Waals surface area contributed by atoms with Crippen LogP contribution in [-0.2, 0) is 14.3 Å². The number of Topliss-reactive ketones (excluding diaryl/α,β-unsaturated/α-hetero) is 1. The molecule has 2 unspecified atom stereocenters. The van der Waals surface area contributed by atoms with Crippen molar-refractivity contribution in [2.24, 2.45) is 10.8 Å². The highest BCUT2D eigenvalue weighted by Gasteiger charge is 2.38. The summed E-state index contributed by atoms with van der Waals surface area (Å²) in [4.78, 5) is 24.2. The maximum Gasteiger partial charge on any atom is 0.311 e. The molecule has 0 radical (unpaired) electrons. The largest absolute Gasteiger partial charge is 0.455 e. The third kappa shape index (κ3) is 5.95. The van der Waals surface area contributed by atoms with Crippen molar-refractivity contribution in [1.29, 1.82) is 0 Å². The van der Waals surface area contributed by atoms with Gasteiger partial charge in [0.2, 0.25) is 0 Å². The second kappa shape index (κ2) is 6.75. The fraction of sp³-hybridized carbons (Fsp3) is 0.857. The third-order valence-corrected chi connectivity index (χ3v) is 3.07. The Morgan fingerprint density at radius 1 is 1.11 bits per heavy atom. The molecular weight excluding hydrogens is 262 g/mol. The molecule has 0 aromatic heterocycles. The van der Waals surface area contributed by atoms with Crippen LogP contribution in [0.2, 0.25) is 0 Å². The van der Waals surface area contributed by atoms with Crippen LogP contribution in [-0.4, -0.2) is 29.7 Å². The molecule has 0 aliphatic rings. The number of carbonyl (C=O) groups excluding carboxylic acids is 2. The summed E-state index contributed by atoms with van der Waals surface area (Å²) < 4.78 is 5.46. The third-order valence-electron chi connectivity index (χ3n) is 2.81. The Balaban J connectivity index is 4.92. The van der Waals surface area contributed by atoms with Crippen LogP contribution < -0.4 is 5.73 Å². The monoisotopic (exact) mass is 290 g/mol. The molecular formula is C14H28NO3S+. The molecule has 0 aromatic carbocycles. The first kappa shape index (κ1) is 18.4. The molecule has 0 aliphatic carbocycles. The van der Waals surface area contributed by atoms with Gasteiger partial charge in [0, 0.05) is 5.41 Å². The Morgan fingerprint density at radius 3 is 1.89 bits per heavy atom. The second-order valence-corrected chi connectivity index (χ2v) is 7.37. The van der Waals surface area contributed by atoms with E-state index in [9.17, 15) is 9.59 Å². The van der Waals surface area contributed by atoms with Gasteiger partial charge in [-0.1, -0.05) is 20.8 Å². The molecule has 2 atom stereocenters. The number of hydrogen-bond acceptors (Lipinski definition) is 4. The van der Waals surface area contributed by atoms with Gasteiger partial charge in [-0.25, -0.2) is 0 Å². The number of quaternary nitrogens is 1. The molecule has 0 saturated heterocycles.